The predicted octanol–water partition coefficient (Wildman–Crippen LogP) is 6.11. The number of rotatable bonds is 0. The molecular weight excluding hydrogens is 569 g/mol. The summed E-state index contributed by atoms with van der Waals surface area (Å²) in [5.41, 5.74) is 1.56. The van der Waals surface area contributed by atoms with Crippen molar-refractivity contribution in [3.8, 4) is 0 Å². The maximum Gasteiger partial charge on any atom is 0.209 e. The van der Waals surface area contributed by atoms with Crippen molar-refractivity contribution in [3.05, 3.63) is 86.2 Å². The molecule has 36 heavy (non-hydrogen) atoms. The molecule has 2 aliphatic rings. The molecule has 8 rings (SSSR count). The highest BCUT2D eigenvalue weighted by molar-refractivity contribution is 7.30. The number of hydrogen-bond acceptors (Lipinski definition) is 10. The molecule has 0 fully saturated rings. The minimum Gasteiger partial charge on any atom is -0.288 e. The lowest BCUT2D eigenvalue weighted by Gasteiger charge is -1.91. The molecule has 0 amide bonds. The number of carbonyl (C=O) groups excluding carboxylic acids is 4. The van der Waals surface area contributed by atoms with Crippen LogP contribution in [-0.2, 0) is 0 Å². The van der Waals surface area contributed by atoms with Gasteiger partial charge in [-0.15, -0.1) is 68.0 Å². The Morgan fingerprint density at radius 3 is 1.31 bits per heavy atom. The fraction of sp³-hybridized carbons (Fsp3) is 0. The third-order valence-electron chi connectivity index (χ3n) is 6.31. The monoisotopic (exact) mass is 576 g/mol. The van der Waals surface area contributed by atoms with Gasteiger partial charge in [-0.1, -0.05) is 0 Å². The fourth-order valence-electron chi connectivity index (χ4n) is 4.72. The van der Waals surface area contributed by atoms with Crippen LogP contribution in [0.2, 0.25) is 0 Å². The molecule has 0 bridgehead atoms. The third kappa shape index (κ3) is 2.66. The summed E-state index contributed by atoms with van der Waals surface area (Å²) in [6, 6.07) is 11.3. The van der Waals surface area contributed by atoms with Gasteiger partial charge in [-0.25, -0.2) is 0 Å². The zero-order valence-electron chi connectivity index (χ0n) is 17.7. The maximum absolute atomic E-state index is 13.2. The van der Waals surface area contributed by atoms with Gasteiger partial charge >= 0.3 is 0 Å². The van der Waals surface area contributed by atoms with Crippen LogP contribution >= 0.6 is 68.0 Å². The highest BCUT2D eigenvalue weighted by atomic mass is 32.1. The van der Waals surface area contributed by atoms with Crippen molar-refractivity contribution in [2.75, 3.05) is 0 Å². The fourth-order valence-corrected chi connectivity index (χ4v) is 11.5. The zero-order chi connectivity index (χ0) is 24.3. The van der Waals surface area contributed by atoms with Gasteiger partial charge in [0.25, 0.3) is 0 Å². The van der Waals surface area contributed by atoms with E-state index in [1.807, 2.05) is 47.2 Å². The van der Waals surface area contributed by atoms with Crippen LogP contribution in [0.25, 0.3) is 29.9 Å². The lowest BCUT2D eigenvalue weighted by Crippen LogP contribution is -2.10. The van der Waals surface area contributed by atoms with E-state index in [-0.39, 0.29) is 34.3 Å². The van der Waals surface area contributed by atoms with Gasteiger partial charge in [-0.2, -0.15) is 0 Å². The van der Waals surface area contributed by atoms with Crippen molar-refractivity contribution in [2.45, 2.75) is 0 Å². The molecule has 172 valence electrons. The SMILES string of the molecule is O=C1/C(=c2\cc/c(=c3/cc/c(=C4\C(=O)c5sc6ccsc6c5C4=O)s3)s2)C(=O)c2c1sc1ccsc21. The van der Waals surface area contributed by atoms with E-state index in [0.29, 0.717) is 29.9 Å². The molecule has 0 radical (unpaired) electrons. The molecule has 6 aromatic heterocycles. The second-order valence-electron chi connectivity index (χ2n) is 8.23. The van der Waals surface area contributed by atoms with Crippen molar-refractivity contribution in [1.29, 1.82) is 0 Å². The smallest absolute Gasteiger partial charge is 0.209 e. The van der Waals surface area contributed by atoms with Crippen LogP contribution in [0.4, 0.5) is 0 Å². The Labute approximate surface area is 225 Å². The number of ketones is 4. The summed E-state index contributed by atoms with van der Waals surface area (Å²) >= 11 is 8.52. The number of thiophene rings is 6. The molecule has 0 aliphatic heterocycles. The van der Waals surface area contributed by atoms with Gasteiger partial charge < -0.3 is 0 Å². The first-order valence-corrected chi connectivity index (χ1v) is 15.7. The van der Waals surface area contributed by atoms with Gasteiger partial charge in [0.1, 0.15) is 0 Å². The normalized spacial score (nSPS) is 19.3. The molecule has 0 N–H and O–H groups in total. The van der Waals surface area contributed by atoms with Gasteiger partial charge in [-0.3, -0.25) is 19.2 Å². The first kappa shape index (κ1) is 21.2. The van der Waals surface area contributed by atoms with Gasteiger partial charge in [0.2, 0.25) is 23.1 Å². The van der Waals surface area contributed by atoms with Crippen LogP contribution in [0.15, 0.2) is 47.2 Å². The second-order valence-corrected chi connectivity index (χ2v) is 14.3. The molecule has 4 nitrogen and oxygen atoms in total. The van der Waals surface area contributed by atoms with E-state index in [1.54, 1.807) is 0 Å². The van der Waals surface area contributed by atoms with Crippen LogP contribution in [0.5, 0.6) is 0 Å². The van der Waals surface area contributed by atoms with Crippen molar-refractivity contribution in [1.82, 2.24) is 0 Å². The Morgan fingerprint density at radius 2 is 0.861 bits per heavy atom. The largest absolute Gasteiger partial charge is 0.288 e. The number of fused-ring (bicyclic) bond motifs is 6. The number of carbonyl (C=O) groups is 4. The summed E-state index contributed by atoms with van der Waals surface area (Å²) in [6.45, 7) is 0. The molecule has 0 atom stereocenters. The minimum absolute atomic E-state index is 0.201. The van der Waals surface area contributed by atoms with Crippen molar-refractivity contribution < 1.29 is 19.2 Å². The summed E-state index contributed by atoms with van der Waals surface area (Å²) in [4.78, 5) is 53.7. The Bertz CT molecular complexity index is 2080. The van der Waals surface area contributed by atoms with E-state index >= 15 is 0 Å². The average molecular weight is 577 g/mol. The lowest BCUT2D eigenvalue weighted by atomic mass is 10.1. The van der Waals surface area contributed by atoms with E-state index in [0.717, 1.165) is 27.9 Å². The topological polar surface area (TPSA) is 68.3 Å². The second kappa shape index (κ2) is 7.34. The number of hydrogen-bond donors (Lipinski definition) is 0. The highest BCUT2D eigenvalue weighted by Crippen LogP contribution is 2.43. The van der Waals surface area contributed by atoms with Gasteiger partial charge in [0, 0.05) is 27.5 Å². The summed E-state index contributed by atoms with van der Waals surface area (Å²) in [5, 5.41) is 3.88. The lowest BCUT2D eigenvalue weighted by molar-refractivity contribution is 0.101. The molecule has 0 saturated carbocycles. The van der Waals surface area contributed by atoms with Gasteiger partial charge in [0.15, 0.2) is 0 Å². The summed E-state index contributed by atoms with van der Waals surface area (Å²) in [7, 11) is 0. The summed E-state index contributed by atoms with van der Waals surface area (Å²) in [5.74, 6) is -0.805. The first-order valence-electron chi connectivity index (χ1n) is 10.6. The zero-order valence-corrected chi connectivity index (χ0v) is 22.6. The van der Waals surface area contributed by atoms with E-state index in [4.69, 9.17) is 0 Å². The molecule has 10 heteroatoms. The van der Waals surface area contributed by atoms with Crippen LogP contribution in [0, 0.1) is 9.06 Å². The Hall–Kier alpha value is -2.86. The molecule has 0 spiro atoms. The van der Waals surface area contributed by atoms with E-state index in [9.17, 15) is 19.2 Å². The Balaban J connectivity index is 1.29. The Kier molecular flexibility index (Phi) is 4.33. The minimum atomic E-state index is -0.201. The van der Waals surface area contributed by atoms with Crippen molar-refractivity contribution in [2.24, 2.45) is 0 Å². The molecule has 6 heterocycles. The molecular formula is C26H8O4S6. The molecule has 2 aliphatic carbocycles. The molecule has 6 aromatic rings. The predicted molar refractivity (Wildman–Crippen MR) is 149 cm³/mol. The molecule has 0 unspecified atom stereocenters. The van der Waals surface area contributed by atoms with Crippen LogP contribution < -0.4 is 9.06 Å². The quantitative estimate of drug-likeness (QED) is 0.219. The van der Waals surface area contributed by atoms with Gasteiger partial charge in [-0.05, 0) is 47.2 Å². The standard InChI is InChI=1S/C26H8O4S6/c27-19-15(21(29)25-17(19)23-13(35-25)5-7-31-23)11-3-1-9(33-11)10-2-4-12(34-10)16-20(28)18-24-14(6-8-32-24)36-26(18)22(16)30/h1-8H/b10-9+,15-11+,16-12+. The Morgan fingerprint density at radius 1 is 0.444 bits per heavy atom. The van der Waals surface area contributed by atoms with Crippen LogP contribution in [0.3, 0.4) is 0 Å². The van der Waals surface area contributed by atoms with E-state index < -0.39 is 0 Å². The van der Waals surface area contributed by atoms with Crippen molar-refractivity contribution in [3.63, 3.8) is 0 Å². The third-order valence-corrected chi connectivity index (χ3v) is 13.1. The van der Waals surface area contributed by atoms with E-state index in [1.165, 1.54) is 68.0 Å². The van der Waals surface area contributed by atoms with E-state index in [2.05, 4.69) is 0 Å². The average Bonchev–Trinajstić information content (AvgIpc) is 3.64. The van der Waals surface area contributed by atoms with Gasteiger partial charge in [0.05, 0.1) is 41.4 Å². The molecule has 0 aromatic carbocycles. The first-order chi connectivity index (χ1) is 17.5. The number of Topliss-reactive ketones (excluding diaryl/α,β-unsaturated/α-hetero) is 4. The van der Waals surface area contributed by atoms with Crippen LogP contribution in [-0.4, -0.2) is 23.1 Å². The maximum atomic E-state index is 13.2. The van der Waals surface area contributed by atoms with Crippen LogP contribution in [0.1, 0.15) is 40.1 Å². The summed E-state index contributed by atoms with van der Waals surface area (Å²) in [6.07, 6.45) is 0. The summed E-state index contributed by atoms with van der Waals surface area (Å²) < 4.78 is 6.80. The molecule has 0 saturated heterocycles. The van der Waals surface area contributed by atoms with Crippen molar-refractivity contribution >= 4 is 121 Å². The highest BCUT2D eigenvalue weighted by Gasteiger charge is 2.39.